The molecule has 0 saturated heterocycles. The van der Waals surface area contributed by atoms with Crippen LogP contribution >= 0.6 is 0 Å². The predicted octanol–water partition coefficient (Wildman–Crippen LogP) is 1.48. The summed E-state index contributed by atoms with van der Waals surface area (Å²) in [5.41, 5.74) is 8.23. The van der Waals surface area contributed by atoms with E-state index in [1.807, 2.05) is 6.07 Å². The van der Waals surface area contributed by atoms with Crippen LogP contribution in [0.4, 0.5) is 0 Å². The van der Waals surface area contributed by atoms with Gasteiger partial charge >= 0.3 is 0 Å². The zero-order chi connectivity index (χ0) is 15.7. The van der Waals surface area contributed by atoms with Crippen LogP contribution in [-0.2, 0) is 11.3 Å². The van der Waals surface area contributed by atoms with Crippen molar-refractivity contribution in [1.82, 2.24) is 10.2 Å². The fourth-order valence-corrected chi connectivity index (χ4v) is 2.60. The van der Waals surface area contributed by atoms with E-state index in [0.717, 1.165) is 5.56 Å². The van der Waals surface area contributed by atoms with Gasteiger partial charge in [-0.2, -0.15) is 5.26 Å². The maximum atomic E-state index is 9.73. The number of phenols is 1. The molecule has 7 nitrogen and oxygen atoms in total. The summed E-state index contributed by atoms with van der Waals surface area (Å²) in [4.78, 5) is 0. The molecule has 112 valence electrons. The molecule has 22 heavy (non-hydrogen) atoms. The number of benzene rings is 1. The zero-order valence-electron chi connectivity index (χ0n) is 11.8. The van der Waals surface area contributed by atoms with Gasteiger partial charge in [0.2, 0.25) is 11.8 Å². The maximum absolute atomic E-state index is 9.73. The molecule has 1 aromatic heterocycles. The van der Waals surface area contributed by atoms with E-state index in [-0.39, 0.29) is 17.2 Å². The van der Waals surface area contributed by atoms with Crippen molar-refractivity contribution in [3.05, 3.63) is 52.5 Å². The van der Waals surface area contributed by atoms with Crippen molar-refractivity contribution in [3.63, 3.8) is 0 Å². The third-order valence-corrected chi connectivity index (χ3v) is 3.51. The van der Waals surface area contributed by atoms with Gasteiger partial charge in [0.1, 0.15) is 17.4 Å². The Balaban J connectivity index is 2.21. The van der Waals surface area contributed by atoms with Crippen LogP contribution < -0.4 is 10.5 Å². The van der Waals surface area contributed by atoms with E-state index >= 15 is 0 Å². The molecule has 1 aliphatic rings. The highest BCUT2D eigenvalue weighted by Crippen LogP contribution is 2.43. The normalized spacial score (nSPS) is 16.8. The van der Waals surface area contributed by atoms with Crippen molar-refractivity contribution in [1.29, 1.82) is 5.26 Å². The summed E-state index contributed by atoms with van der Waals surface area (Å²) >= 11 is 0. The lowest BCUT2D eigenvalue weighted by Gasteiger charge is -2.24. The van der Waals surface area contributed by atoms with E-state index in [9.17, 15) is 10.4 Å². The number of nitrogens with one attached hydrogen (secondary N) is 1. The molecule has 2 aromatic rings. The Kier molecular flexibility index (Phi) is 3.45. The van der Waals surface area contributed by atoms with Crippen LogP contribution in [0.2, 0.25) is 0 Å². The number of rotatable bonds is 3. The fourth-order valence-electron chi connectivity index (χ4n) is 2.60. The van der Waals surface area contributed by atoms with Crippen LogP contribution in [-0.4, -0.2) is 22.4 Å². The Morgan fingerprint density at radius 3 is 3.05 bits per heavy atom. The monoisotopic (exact) mass is 298 g/mol. The van der Waals surface area contributed by atoms with Crippen molar-refractivity contribution in [2.75, 3.05) is 7.11 Å². The van der Waals surface area contributed by atoms with Gasteiger partial charge in [-0.1, -0.05) is 12.1 Å². The third kappa shape index (κ3) is 2.16. The van der Waals surface area contributed by atoms with Crippen molar-refractivity contribution >= 4 is 0 Å². The molecule has 0 fully saturated rings. The molecule has 3 rings (SSSR count). The first-order chi connectivity index (χ1) is 10.7. The average Bonchev–Trinajstić information content (AvgIpc) is 2.88. The molecule has 7 heteroatoms. The molecule has 1 aliphatic heterocycles. The SMILES string of the molecule is COCc1[nH]nc2c1C(c1cccc(O)c1)C(C#N)=C(N)O2. The number of hydrogen-bond acceptors (Lipinski definition) is 6. The van der Waals surface area contributed by atoms with E-state index in [0.29, 0.717) is 23.7 Å². The van der Waals surface area contributed by atoms with Gasteiger partial charge in [-0.25, -0.2) is 0 Å². The summed E-state index contributed by atoms with van der Waals surface area (Å²) < 4.78 is 10.6. The highest BCUT2D eigenvalue weighted by Gasteiger charge is 2.35. The van der Waals surface area contributed by atoms with Crippen LogP contribution in [0, 0.1) is 11.3 Å². The number of fused-ring (bicyclic) bond motifs is 1. The highest BCUT2D eigenvalue weighted by atomic mass is 16.5. The second-order valence-electron chi connectivity index (χ2n) is 4.87. The molecule has 0 saturated carbocycles. The first-order valence-electron chi connectivity index (χ1n) is 6.58. The van der Waals surface area contributed by atoms with Gasteiger partial charge < -0.3 is 20.3 Å². The Hall–Kier alpha value is -2.98. The largest absolute Gasteiger partial charge is 0.508 e. The van der Waals surface area contributed by atoms with E-state index in [2.05, 4.69) is 16.3 Å². The summed E-state index contributed by atoms with van der Waals surface area (Å²) in [6, 6.07) is 8.76. The lowest BCUT2D eigenvalue weighted by atomic mass is 9.84. The first-order valence-corrected chi connectivity index (χ1v) is 6.58. The summed E-state index contributed by atoms with van der Waals surface area (Å²) in [5.74, 6) is -0.0290. The van der Waals surface area contributed by atoms with Gasteiger partial charge in [0.25, 0.3) is 0 Å². The average molecular weight is 298 g/mol. The molecular formula is C15H14N4O3. The topological polar surface area (TPSA) is 117 Å². The molecule has 0 spiro atoms. The number of nitriles is 1. The first kappa shape index (κ1) is 14.0. The molecule has 1 aromatic carbocycles. The second-order valence-corrected chi connectivity index (χ2v) is 4.87. The van der Waals surface area contributed by atoms with E-state index < -0.39 is 5.92 Å². The number of ether oxygens (including phenoxy) is 2. The van der Waals surface area contributed by atoms with Crippen LogP contribution in [0.15, 0.2) is 35.7 Å². The van der Waals surface area contributed by atoms with Crippen molar-refractivity contribution in [2.45, 2.75) is 12.5 Å². The number of H-pyrrole nitrogens is 1. The Bertz CT molecular complexity index is 788. The predicted molar refractivity (Wildman–Crippen MR) is 76.7 cm³/mol. The maximum Gasteiger partial charge on any atom is 0.244 e. The van der Waals surface area contributed by atoms with Crippen LogP contribution in [0.5, 0.6) is 11.6 Å². The minimum absolute atomic E-state index is 0.0128. The zero-order valence-corrected chi connectivity index (χ0v) is 11.8. The van der Waals surface area contributed by atoms with Gasteiger partial charge in [0, 0.05) is 7.11 Å². The van der Waals surface area contributed by atoms with Crippen LogP contribution in [0.1, 0.15) is 22.7 Å². The summed E-state index contributed by atoms with van der Waals surface area (Å²) in [7, 11) is 1.57. The van der Waals surface area contributed by atoms with Gasteiger partial charge in [-0.3, -0.25) is 5.10 Å². The van der Waals surface area contributed by atoms with E-state index in [1.54, 1.807) is 25.3 Å². The molecule has 0 bridgehead atoms. The van der Waals surface area contributed by atoms with Crippen molar-refractivity contribution in [2.24, 2.45) is 5.73 Å². The lowest BCUT2D eigenvalue weighted by Crippen LogP contribution is -2.21. The number of aromatic amines is 1. The lowest BCUT2D eigenvalue weighted by molar-refractivity contribution is 0.180. The van der Waals surface area contributed by atoms with Crippen molar-refractivity contribution < 1.29 is 14.6 Å². The van der Waals surface area contributed by atoms with Gasteiger partial charge in [0.15, 0.2) is 0 Å². The Labute approximate surface area is 126 Å². The Morgan fingerprint density at radius 1 is 1.55 bits per heavy atom. The number of aromatic nitrogens is 2. The van der Waals surface area contributed by atoms with Gasteiger partial charge in [-0.15, -0.1) is 5.10 Å². The van der Waals surface area contributed by atoms with E-state index in [4.69, 9.17) is 15.2 Å². The minimum Gasteiger partial charge on any atom is -0.508 e. The number of nitrogens with two attached hydrogens (primary N) is 1. The third-order valence-electron chi connectivity index (χ3n) is 3.51. The molecule has 2 heterocycles. The molecule has 4 N–H and O–H groups in total. The molecule has 0 aliphatic carbocycles. The molecular weight excluding hydrogens is 284 g/mol. The number of allylic oxidation sites excluding steroid dienone is 1. The van der Waals surface area contributed by atoms with Gasteiger partial charge in [0.05, 0.1) is 23.8 Å². The second kappa shape index (κ2) is 5.42. The Morgan fingerprint density at radius 2 is 2.36 bits per heavy atom. The quantitative estimate of drug-likeness (QED) is 0.790. The van der Waals surface area contributed by atoms with Crippen LogP contribution in [0.25, 0.3) is 0 Å². The standard InChI is InChI=1S/C15H14N4O3/c1-21-7-11-13-12(8-3-2-4-9(20)5-8)10(6-16)14(17)22-15(13)19-18-11/h2-5,12,20H,7,17H2,1H3,(H,18,19). The molecule has 1 atom stereocenters. The molecule has 1 unspecified atom stereocenters. The summed E-state index contributed by atoms with van der Waals surface area (Å²) in [6.45, 7) is 0.291. The van der Waals surface area contributed by atoms with Crippen LogP contribution in [0.3, 0.4) is 0 Å². The number of aromatic hydroxyl groups is 1. The van der Waals surface area contributed by atoms with E-state index in [1.165, 1.54) is 0 Å². The van der Waals surface area contributed by atoms with Gasteiger partial charge in [-0.05, 0) is 17.7 Å². The van der Waals surface area contributed by atoms with Crippen molar-refractivity contribution in [3.8, 4) is 17.7 Å². The summed E-state index contributed by atoms with van der Waals surface area (Å²) in [5, 5.41) is 26.1. The number of phenolic OH excluding ortho intramolecular Hbond substituents is 1. The minimum atomic E-state index is -0.468. The number of nitrogens with zero attached hydrogens (tertiary/aromatic N) is 2. The fraction of sp³-hybridized carbons (Fsp3) is 0.200. The smallest absolute Gasteiger partial charge is 0.244 e. The number of methoxy groups -OCH3 is 1. The molecule has 0 amide bonds. The molecule has 0 radical (unpaired) electrons. The number of hydrogen-bond donors (Lipinski definition) is 3. The summed E-state index contributed by atoms with van der Waals surface area (Å²) in [6.07, 6.45) is 0. The highest BCUT2D eigenvalue weighted by molar-refractivity contribution is 5.55.